The summed E-state index contributed by atoms with van der Waals surface area (Å²) in [5, 5.41) is 32.5. The Hall–Kier alpha value is -3.37. The van der Waals surface area contributed by atoms with Crippen molar-refractivity contribution in [3.8, 4) is 0 Å². The fourth-order valence-electron chi connectivity index (χ4n) is 1.48. The van der Waals surface area contributed by atoms with Gasteiger partial charge in [-0.25, -0.2) is 4.79 Å². The predicted molar refractivity (Wildman–Crippen MR) is 71.0 cm³/mol. The molecule has 22 heavy (non-hydrogen) atoms. The van der Waals surface area contributed by atoms with Crippen LogP contribution in [0.3, 0.4) is 0 Å². The molecule has 11 heteroatoms. The molecule has 0 aromatic heterocycles. The highest BCUT2D eigenvalue weighted by atomic mass is 16.6. The van der Waals surface area contributed by atoms with Crippen LogP contribution in [0.25, 0.3) is 0 Å². The SMILES string of the molecule is C=C(C)C(=O)OCc1cc([N+](=O)[O-])c([N+](=O)[O-])c([N+](=O)[O-])c1. The number of carbonyl (C=O) groups is 1. The fourth-order valence-corrected chi connectivity index (χ4v) is 1.48. The van der Waals surface area contributed by atoms with Crippen LogP contribution in [0.15, 0.2) is 24.3 Å². The molecule has 0 radical (unpaired) electrons. The van der Waals surface area contributed by atoms with Gasteiger partial charge < -0.3 is 4.74 Å². The van der Waals surface area contributed by atoms with Crippen LogP contribution in [0.4, 0.5) is 17.1 Å². The molecule has 0 unspecified atom stereocenters. The fraction of sp³-hybridized carbons (Fsp3) is 0.182. The van der Waals surface area contributed by atoms with Crippen LogP contribution in [-0.2, 0) is 16.1 Å². The Morgan fingerprint density at radius 2 is 1.55 bits per heavy atom. The molecule has 0 N–H and O–H groups in total. The van der Waals surface area contributed by atoms with Gasteiger partial charge in [-0.1, -0.05) is 6.58 Å². The number of benzene rings is 1. The van der Waals surface area contributed by atoms with E-state index in [1.165, 1.54) is 6.92 Å². The number of nitrogens with zero attached hydrogens (tertiary/aromatic N) is 3. The van der Waals surface area contributed by atoms with Crippen LogP contribution in [-0.4, -0.2) is 20.7 Å². The quantitative estimate of drug-likeness (QED) is 0.334. The van der Waals surface area contributed by atoms with Crippen LogP contribution in [0.1, 0.15) is 12.5 Å². The van der Waals surface area contributed by atoms with Crippen molar-refractivity contribution in [3.63, 3.8) is 0 Å². The lowest BCUT2D eigenvalue weighted by Crippen LogP contribution is -2.07. The Labute approximate surface area is 122 Å². The van der Waals surface area contributed by atoms with Gasteiger partial charge in [-0.15, -0.1) is 0 Å². The Kier molecular flexibility index (Phi) is 4.84. The van der Waals surface area contributed by atoms with E-state index < -0.39 is 44.4 Å². The number of hydrogen-bond acceptors (Lipinski definition) is 8. The maximum atomic E-state index is 11.2. The first kappa shape index (κ1) is 16.7. The predicted octanol–water partition coefficient (Wildman–Crippen LogP) is 2.03. The van der Waals surface area contributed by atoms with E-state index in [1.54, 1.807) is 0 Å². The molecule has 11 nitrogen and oxygen atoms in total. The molecule has 116 valence electrons. The van der Waals surface area contributed by atoms with Crippen molar-refractivity contribution in [1.29, 1.82) is 0 Å². The average Bonchev–Trinajstić information content (AvgIpc) is 2.42. The lowest BCUT2D eigenvalue weighted by molar-refractivity contribution is -0.441. The first-order valence-corrected chi connectivity index (χ1v) is 5.57. The summed E-state index contributed by atoms with van der Waals surface area (Å²) >= 11 is 0. The minimum absolute atomic E-state index is 0.0610. The summed E-state index contributed by atoms with van der Waals surface area (Å²) < 4.78 is 4.71. The van der Waals surface area contributed by atoms with Gasteiger partial charge >= 0.3 is 23.0 Å². The van der Waals surface area contributed by atoms with Crippen molar-refractivity contribution < 1.29 is 24.3 Å². The third-order valence-corrected chi connectivity index (χ3v) is 2.42. The Morgan fingerprint density at radius 3 is 1.86 bits per heavy atom. The van der Waals surface area contributed by atoms with Crippen LogP contribution < -0.4 is 0 Å². The van der Waals surface area contributed by atoms with Crippen molar-refractivity contribution in [3.05, 3.63) is 60.2 Å². The molecule has 0 saturated heterocycles. The average molecular weight is 311 g/mol. The number of hydrogen-bond donors (Lipinski definition) is 0. The molecule has 0 spiro atoms. The Balaban J connectivity index is 3.35. The zero-order valence-corrected chi connectivity index (χ0v) is 11.2. The van der Waals surface area contributed by atoms with Crippen molar-refractivity contribution in [2.45, 2.75) is 13.5 Å². The lowest BCUT2D eigenvalue weighted by Gasteiger charge is -2.05. The molecule has 0 saturated carbocycles. The van der Waals surface area contributed by atoms with Crippen molar-refractivity contribution in [2.24, 2.45) is 0 Å². The minimum atomic E-state index is -1.23. The van der Waals surface area contributed by atoms with Crippen LogP contribution in [0.2, 0.25) is 0 Å². The van der Waals surface area contributed by atoms with Gasteiger partial charge in [0.2, 0.25) is 0 Å². The highest BCUT2D eigenvalue weighted by Crippen LogP contribution is 2.37. The van der Waals surface area contributed by atoms with Crippen LogP contribution in [0, 0.1) is 30.3 Å². The normalized spacial score (nSPS) is 9.86. The molecular weight excluding hydrogens is 302 g/mol. The molecule has 0 heterocycles. The molecular formula is C11H9N3O8. The van der Waals surface area contributed by atoms with Crippen molar-refractivity contribution >= 4 is 23.0 Å². The van der Waals surface area contributed by atoms with Crippen molar-refractivity contribution in [2.75, 3.05) is 0 Å². The summed E-state index contributed by atoms with van der Waals surface area (Å²) in [6.07, 6.45) is 0. The number of carbonyl (C=O) groups excluding carboxylic acids is 1. The molecule has 0 aliphatic rings. The largest absolute Gasteiger partial charge is 0.457 e. The molecule has 0 aliphatic heterocycles. The summed E-state index contributed by atoms with van der Waals surface area (Å²) in [5.74, 6) is -0.802. The highest BCUT2D eigenvalue weighted by molar-refractivity contribution is 5.86. The van der Waals surface area contributed by atoms with E-state index in [-0.39, 0.29) is 11.1 Å². The van der Waals surface area contributed by atoms with E-state index in [4.69, 9.17) is 4.74 Å². The molecule has 0 aliphatic carbocycles. The van der Waals surface area contributed by atoms with Gasteiger partial charge in [0.05, 0.1) is 14.8 Å². The van der Waals surface area contributed by atoms with E-state index in [0.717, 1.165) is 12.1 Å². The molecule has 1 aromatic carbocycles. The zero-order chi connectivity index (χ0) is 17.0. The maximum absolute atomic E-state index is 11.2. The molecule has 0 atom stereocenters. The summed E-state index contributed by atoms with van der Waals surface area (Å²) in [6.45, 7) is 4.16. The van der Waals surface area contributed by atoms with Gasteiger partial charge in [-0.05, 0) is 6.92 Å². The standard InChI is InChI=1S/C11H9N3O8/c1-6(2)11(15)22-5-7-3-8(12(16)17)10(14(20)21)9(4-7)13(18)19/h3-4H,1,5H2,2H3. The monoisotopic (exact) mass is 311 g/mol. The Bertz CT molecular complexity index is 662. The van der Waals surface area contributed by atoms with Crippen LogP contribution >= 0.6 is 0 Å². The molecule has 1 rings (SSSR count). The van der Waals surface area contributed by atoms with E-state index in [0.29, 0.717) is 0 Å². The topological polar surface area (TPSA) is 156 Å². The summed E-state index contributed by atoms with van der Waals surface area (Å²) in [5.41, 5.74) is -3.41. The van der Waals surface area contributed by atoms with E-state index in [1.807, 2.05) is 0 Å². The Morgan fingerprint density at radius 1 is 1.09 bits per heavy atom. The third kappa shape index (κ3) is 3.59. The summed E-state index contributed by atoms with van der Waals surface area (Å²) in [6, 6.07) is 1.49. The number of nitro groups is 3. The third-order valence-electron chi connectivity index (χ3n) is 2.42. The second-order valence-electron chi connectivity index (χ2n) is 4.11. The molecule has 0 fully saturated rings. The van der Waals surface area contributed by atoms with Gasteiger partial charge in [0.1, 0.15) is 6.61 Å². The second kappa shape index (κ2) is 6.39. The minimum Gasteiger partial charge on any atom is -0.457 e. The number of nitro benzene ring substituents is 3. The number of esters is 1. The summed E-state index contributed by atoms with van der Waals surface area (Å²) in [4.78, 5) is 40.3. The lowest BCUT2D eigenvalue weighted by atomic mass is 10.1. The van der Waals surface area contributed by atoms with Gasteiger partial charge in [0, 0.05) is 23.3 Å². The molecule has 1 aromatic rings. The number of rotatable bonds is 6. The van der Waals surface area contributed by atoms with Crippen molar-refractivity contribution in [1.82, 2.24) is 0 Å². The first-order chi connectivity index (χ1) is 10.1. The van der Waals surface area contributed by atoms with E-state index >= 15 is 0 Å². The summed E-state index contributed by atoms with van der Waals surface area (Å²) in [7, 11) is 0. The van der Waals surface area contributed by atoms with Gasteiger partial charge in [0.25, 0.3) is 0 Å². The number of ether oxygens (including phenoxy) is 1. The molecule has 0 amide bonds. The van der Waals surface area contributed by atoms with E-state index in [9.17, 15) is 35.1 Å². The highest BCUT2D eigenvalue weighted by Gasteiger charge is 2.36. The second-order valence-corrected chi connectivity index (χ2v) is 4.11. The van der Waals surface area contributed by atoms with Gasteiger partial charge in [-0.2, -0.15) is 0 Å². The molecule has 0 bridgehead atoms. The smallest absolute Gasteiger partial charge is 0.422 e. The van der Waals surface area contributed by atoms with E-state index in [2.05, 4.69) is 6.58 Å². The zero-order valence-electron chi connectivity index (χ0n) is 11.2. The van der Waals surface area contributed by atoms with Gasteiger partial charge in [-0.3, -0.25) is 30.3 Å². The van der Waals surface area contributed by atoms with Crippen LogP contribution in [0.5, 0.6) is 0 Å². The maximum Gasteiger partial charge on any atom is 0.422 e. The first-order valence-electron chi connectivity index (χ1n) is 5.57. The van der Waals surface area contributed by atoms with Gasteiger partial charge in [0.15, 0.2) is 0 Å².